The number of rotatable bonds is 4. The second-order valence-electron chi connectivity index (χ2n) is 6.16. The highest BCUT2D eigenvalue weighted by molar-refractivity contribution is 5.48. The zero-order valence-electron chi connectivity index (χ0n) is 13.5. The summed E-state index contributed by atoms with van der Waals surface area (Å²) in [6.07, 6.45) is -0.776. The number of aryl methyl sites for hydroxylation is 1. The molecule has 1 saturated heterocycles. The molecule has 1 aliphatic rings. The van der Waals surface area contributed by atoms with Crippen LogP contribution in [0.25, 0.3) is 0 Å². The maximum Gasteiger partial charge on any atom is 0.129 e. The largest absolute Gasteiger partial charge is 0.387 e. The zero-order chi connectivity index (χ0) is 16.2. The van der Waals surface area contributed by atoms with E-state index >= 15 is 0 Å². The molecule has 0 saturated carbocycles. The number of aliphatic hydroxyl groups is 1. The van der Waals surface area contributed by atoms with Gasteiger partial charge in [-0.15, -0.1) is 0 Å². The summed E-state index contributed by atoms with van der Waals surface area (Å²) in [4.78, 5) is 4.56. The van der Waals surface area contributed by atoms with E-state index in [1.165, 1.54) is 17.3 Å². The third-order valence-corrected chi connectivity index (χ3v) is 4.43. The van der Waals surface area contributed by atoms with Gasteiger partial charge >= 0.3 is 0 Å². The van der Waals surface area contributed by atoms with Crippen molar-refractivity contribution in [3.63, 3.8) is 0 Å². The van der Waals surface area contributed by atoms with Crippen LogP contribution in [0.2, 0.25) is 0 Å². The van der Waals surface area contributed by atoms with E-state index in [2.05, 4.69) is 41.0 Å². The van der Waals surface area contributed by atoms with Crippen molar-refractivity contribution in [1.29, 1.82) is 0 Å². The molecule has 0 radical (unpaired) electrons. The molecule has 23 heavy (non-hydrogen) atoms. The Hall–Kier alpha value is -1.91. The molecule has 2 aromatic carbocycles. The fourth-order valence-corrected chi connectivity index (χ4v) is 3.10. The van der Waals surface area contributed by atoms with Gasteiger partial charge in [-0.05, 0) is 30.7 Å². The monoisotopic (exact) mass is 314 g/mol. The van der Waals surface area contributed by atoms with Gasteiger partial charge in [-0.3, -0.25) is 4.90 Å². The Morgan fingerprint density at radius 3 is 2.48 bits per heavy atom. The van der Waals surface area contributed by atoms with Gasteiger partial charge in [0.05, 0.1) is 6.10 Å². The number of β-amino-alcohol motifs (C(OH)–C–C–N with tert-alkyl or cyclic N) is 1. The first-order valence-electron chi connectivity index (χ1n) is 8.10. The van der Waals surface area contributed by atoms with Gasteiger partial charge < -0.3 is 10.0 Å². The van der Waals surface area contributed by atoms with E-state index in [9.17, 15) is 9.50 Å². The summed E-state index contributed by atoms with van der Waals surface area (Å²) in [6.45, 7) is 6.17. The molecule has 1 atom stereocenters. The van der Waals surface area contributed by atoms with E-state index in [1.54, 1.807) is 18.2 Å². The lowest BCUT2D eigenvalue weighted by Gasteiger charge is -2.37. The summed E-state index contributed by atoms with van der Waals surface area (Å²) in [7, 11) is 0. The van der Waals surface area contributed by atoms with E-state index in [4.69, 9.17) is 0 Å². The summed E-state index contributed by atoms with van der Waals surface area (Å²) in [5.74, 6) is -0.335. The van der Waals surface area contributed by atoms with Crippen LogP contribution in [0.5, 0.6) is 0 Å². The van der Waals surface area contributed by atoms with Crippen molar-refractivity contribution >= 4 is 5.69 Å². The van der Waals surface area contributed by atoms with Crippen molar-refractivity contribution in [2.75, 3.05) is 37.6 Å². The number of halogens is 1. The highest BCUT2D eigenvalue weighted by atomic mass is 19.1. The second kappa shape index (κ2) is 7.11. The first kappa shape index (κ1) is 16.0. The maximum absolute atomic E-state index is 13.7. The molecule has 1 fully saturated rings. The average molecular weight is 314 g/mol. The van der Waals surface area contributed by atoms with E-state index in [0.29, 0.717) is 12.1 Å². The van der Waals surface area contributed by atoms with E-state index in [1.807, 2.05) is 0 Å². The van der Waals surface area contributed by atoms with E-state index in [0.717, 1.165) is 26.2 Å². The average Bonchev–Trinajstić information content (AvgIpc) is 2.56. The van der Waals surface area contributed by atoms with Crippen molar-refractivity contribution in [3.8, 4) is 0 Å². The van der Waals surface area contributed by atoms with Gasteiger partial charge in [0, 0.05) is 44.0 Å². The molecule has 0 bridgehead atoms. The molecule has 1 heterocycles. The molecular weight excluding hydrogens is 291 g/mol. The lowest BCUT2D eigenvalue weighted by Crippen LogP contribution is -2.47. The van der Waals surface area contributed by atoms with Gasteiger partial charge in [-0.2, -0.15) is 0 Å². The predicted octanol–water partition coefficient (Wildman–Crippen LogP) is 2.99. The van der Waals surface area contributed by atoms with Gasteiger partial charge in [0.2, 0.25) is 0 Å². The van der Waals surface area contributed by atoms with Gasteiger partial charge in [-0.25, -0.2) is 4.39 Å². The molecule has 3 rings (SSSR count). The Bertz CT molecular complexity index is 653. The smallest absolute Gasteiger partial charge is 0.129 e. The van der Waals surface area contributed by atoms with Crippen molar-refractivity contribution in [1.82, 2.24) is 4.90 Å². The van der Waals surface area contributed by atoms with Crippen LogP contribution in [-0.2, 0) is 0 Å². The van der Waals surface area contributed by atoms with Crippen LogP contribution in [0, 0.1) is 12.7 Å². The Balaban J connectivity index is 1.56. The topological polar surface area (TPSA) is 26.7 Å². The second-order valence-corrected chi connectivity index (χ2v) is 6.16. The first-order chi connectivity index (χ1) is 11.1. The Kier molecular flexibility index (Phi) is 4.94. The molecule has 0 aromatic heterocycles. The quantitative estimate of drug-likeness (QED) is 0.940. The molecular formula is C19H23FN2O. The summed E-state index contributed by atoms with van der Waals surface area (Å²) in [5, 5.41) is 10.3. The number of piperazine rings is 1. The molecule has 3 nitrogen and oxygen atoms in total. The minimum Gasteiger partial charge on any atom is -0.387 e. The standard InChI is InChI=1S/C19H23FN2O/c1-15-5-4-6-16(13-15)22-11-9-21(10-12-22)14-19(23)17-7-2-3-8-18(17)20/h2-8,13,19,23H,9-12,14H2,1H3. The highest BCUT2D eigenvalue weighted by Gasteiger charge is 2.21. The summed E-state index contributed by atoms with van der Waals surface area (Å²) in [5.41, 5.74) is 2.90. The van der Waals surface area contributed by atoms with Crippen LogP contribution in [0.15, 0.2) is 48.5 Å². The van der Waals surface area contributed by atoms with Crippen LogP contribution in [0.4, 0.5) is 10.1 Å². The van der Waals surface area contributed by atoms with Crippen molar-refractivity contribution in [2.24, 2.45) is 0 Å². The SMILES string of the molecule is Cc1cccc(N2CCN(CC(O)c3ccccc3F)CC2)c1. The minimum absolute atomic E-state index is 0.335. The van der Waals surface area contributed by atoms with Crippen LogP contribution >= 0.6 is 0 Å². The van der Waals surface area contributed by atoms with Crippen LogP contribution in [-0.4, -0.2) is 42.7 Å². The lowest BCUT2D eigenvalue weighted by molar-refractivity contribution is 0.106. The van der Waals surface area contributed by atoms with Crippen LogP contribution in [0.1, 0.15) is 17.2 Å². The molecule has 2 aromatic rings. The van der Waals surface area contributed by atoms with Gasteiger partial charge in [0.15, 0.2) is 0 Å². The number of nitrogens with zero attached hydrogens (tertiary/aromatic N) is 2. The predicted molar refractivity (Wildman–Crippen MR) is 91.2 cm³/mol. The molecule has 0 aliphatic carbocycles. The molecule has 0 amide bonds. The maximum atomic E-state index is 13.7. The molecule has 1 unspecified atom stereocenters. The molecule has 1 aliphatic heterocycles. The Labute approximate surface area is 137 Å². The minimum atomic E-state index is -0.776. The fourth-order valence-electron chi connectivity index (χ4n) is 3.10. The van der Waals surface area contributed by atoms with Crippen molar-refractivity contribution < 1.29 is 9.50 Å². The highest BCUT2D eigenvalue weighted by Crippen LogP contribution is 2.21. The molecule has 1 N–H and O–H groups in total. The number of aliphatic hydroxyl groups excluding tert-OH is 1. The zero-order valence-corrected chi connectivity index (χ0v) is 13.5. The normalized spacial score (nSPS) is 17.3. The van der Waals surface area contributed by atoms with Crippen LogP contribution < -0.4 is 4.90 Å². The third-order valence-electron chi connectivity index (χ3n) is 4.43. The summed E-state index contributed by atoms with van der Waals surface area (Å²) < 4.78 is 13.7. The summed E-state index contributed by atoms with van der Waals surface area (Å²) in [6, 6.07) is 15.0. The van der Waals surface area contributed by atoms with Gasteiger partial charge in [0.1, 0.15) is 5.82 Å². The molecule has 4 heteroatoms. The molecule has 122 valence electrons. The van der Waals surface area contributed by atoms with Crippen molar-refractivity contribution in [3.05, 3.63) is 65.5 Å². The van der Waals surface area contributed by atoms with E-state index < -0.39 is 6.10 Å². The lowest BCUT2D eigenvalue weighted by atomic mass is 10.1. The van der Waals surface area contributed by atoms with Crippen LogP contribution in [0.3, 0.4) is 0 Å². The van der Waals surface area contributed by atoms with Gasteiger partial charge in [0.25, 0.3) is 0 Å². The Morgan fingerprint density at radius 1 is 1.04 bits per heavy atom. The number of anilines is 1. The first-order valence-corrected chi connectivity index (χ1v) is 8.10. The number of hydrogen-bond acceptors (Lipinski definition) is 3. The summed E-state index contributed by atoms with van der Waals surface area (Å²) >= 11 is 0. The number of hydrogen-bond donors (Lipinski definition) is 1. The third kappa shape index (κ3) is 3.89. The Morgan fingerprint density at radius 2 is 1.78 bits per heavy atom. The fraction of sp³-hybridized carbons (Fsp3) is 0.368. The molecule has 0 spiro atoms. The van der Waals surface area contributed by atoms with Gasteiger partial charge in [-0.1, -0.05) is 30.3 Å². The number of benzene rings is 2. The van der Waals surface area contributed by atoms with E-state index in [-0.39, 0.29) is 5.82 Å². The van der Waals surface area contributed by atoms with Crippen molar-refractivity contribution in [2.45, 2.75) is 13.0 Å².